The molecule has 1 aromatic rings. The van der Waals surface area contributed by atoms with E-state index in [9.17, 15) is 4.79 Å². The number of ether oxygens (including phenoxy) is 2. The number of rotatable bonds is 3. The summed E-state index contributed by atoms with van der Waals surface area (Å²) >= 11 is 0. The van der Waals surface area contributed by atoms with Gasteiger partial charge in [0.2, 0.25) is 0 Å². The lowest BCUT2D eigenvalue weighted by atomic mass is 10.1. The summed E-state index contributed by atoms with van der Waals surface area (Å²) in [5.41, 5.74) is 1.33. The second-order valence-electron chi connectivity index (χ2n) is 3.90. The Morgan fingerprint density at radius 1 is 1.65 bits per heavy atom. The van der Waals surface area contributed by atoms with E-state index in [4.69, 9.17) is 14.7 Å². The molecule has 1 heterocycles. The lowest BCUT2D eigenvalue weighted by Crippen LogP contribution is -2.12. The van der Waals surface area contributed by atoms with Crippen molar-refractivity contribution in [1.29, 1.82) is 5.26 Å². The standard InChI is InChI=1S/C13H13NO3/c1-2-3-13(15)17-12-8-16-11-5-4-9(7-14)6-10(11)12/h4-6,12H,2-3,8H2,1H3. The third-order valence-corrected chi connectivity index (χ3v) is 2.60. The maximum Gasteiger partial charge on any atom is 0.306 e. The molecule has 0 amide bonds. The number of benzene rings is 1. The second-order valence-corrected chi connectivity index (χ2v) is 3.90. The number of nitrogens with zero attached hydrogens (tertiary/aromatic N) is 1. The van der Waals surface area contributed by atoms with Crippen molar-refractivity contribution in [3.05, 3.63) is 29.3 Å². The summed E-state index contributed by atoms with van der Waals surface area (Å²) in [5, 5.41) is 8.82. The quantitative estimate of drug-likeness (QED) is 0.749. The number of nitriles is 1. The molecule has 0 bridgehead atoms. The molecule has 0 saturated heterocycles. The molecule has 1 aliphatic heterocycles. The molecule has 4 heteroatoms. The van der Waals surface area contributed by atoms with Gasteiger partial charge in [-0.3, -0.25) is 4.79 Å². The van der Waals surface area contributed by atoms with Crippen molar-refractivity contribution in [2.75, 3.05) is 6.61 Å². The highest BCUT2D eigenvalue weighted by atomic mass is 16.6. The molecule has 0 radical (unpaired) electrons. The first kappa shape index (κ1) is 11.5. The summed E-state index contributed by atoms with van der Waals surface area (Å²) in [7, 11) is 0. The first-order valence-electron chi connectivity index (χ1n) is 5.61. The van der Waals surface area contributed by atoms with Crippen molar-refractivity contribution in [2.24, 2.45) is 0 Å². The van der Waals surface area contributed by atoms with Crippen molar-refractivity contribution in [1.82, 2.24) is 0 Å². The molecular formula is C13H13NO3. The first-order valence-corrected chi connectivity index (χ1v) is 5.61. The van der Waals surface area contributed by atoms with E-state index in [2.05, 4.69) is 6.07 Å². The van der Waals surface area contributed by atoms with Crippen LogP contribution >= 0.6 is 0 Å². The number of hydrogen-bond donors (Lipinski definition) is 0. The fourth-order valence-electron chi connectivity index (χ4n) is 1.78. The number of fused-ring (bicyclic) bond motifs is 1. The van der Waals surface area contributed by atoms with Crippen LogP contribution in [0.2, 0.25) is 0 Å². The molecule has 0 saturated carbocycles. The molecule has 0 fully saturated rings. The molecule has 88 valence electrons. The van der Waals surface area contributed by atoms with Crippen molar-refractivity contribution < 1.29 is 14.3 Å². The Kier molecular flexibility index (Phi) is 3.29. The number of carbonyl (C=O) groups is 1. The first-order chi connectivity index (χ1) is 8.24. The molecule has 0 aliphatic carbocycles. The van der Waals surface area contributed by atoms with Gasteiger partial charge in [0.25, 0.3) is 0 Å². The summed E-state index contributed by atoms with van der Waals surface area (Å²) < 4.78 is 10.7. The largest absolute Gasteiger partial charge is 0.489 e. The van der Waals surface area contributed by atoms with E-state index in [1.165, 1.54) is 0 Å². The molecule has 1 aromatic carbocycles. The van der Waals surface area contributed by atoms with Gasteiger partial charge in [-0.15, -0.1) is 0 Å². The average molecular weight is 231 g/mol. The fraction of sp³-hybridized carbons (Fsp3) is 0.385. The zero-order valence-corrected chi connectivity index (χ0v) is 9.60. The summed E-state index contributed by atoms with van der Waals surface area (Å²) in [6, 6.07) is 7.20. The van der Waals surface area contributed by atoms with Gasteiger partial charge in [-0.05, 0) is 24.6 Å². The van der Waals surface area contributed by atoms with Gasteiger partial charge >= 0.3 is 5.97 Å². The predicted octanol–water partition coefficient (Wildman–Crippen LogP) is 2.34. The summed E-state index contributed by atoms with van der Waals surface area (Å²) in [6.45, 7) is 2.26. The maximum absolute atomic E-state index is 11.4. The Bertz CT molecular complexity index is 476. The highest BCUT2D eigenvalue weighted by Crippen LogP contribution is 2.35. The van der Waals surface area contributed by atoms with Crippen LogP contribution in [0.15, 0.2) is 18.2 Å². The number of hydrogen-bond acceptors (Lipinski definition) is 4. The van der Waals surface area contributed by atoms with Gasteiger partial charge in [0.1, 0.15) is 12.4 Å². The second kappa shape index (κ2) is 4.88. The van der Waals surface area contributed by atoms with Gasteiger partial charge < -0.3 is 9.47 Å². The van der Waals surface area contributed by atoms with Crippen LogP contribution in [0, 0.1) is 11.3 Å². The van der Waals surface area contributed by atoms with E-state index in [1.807, 2.05) is 6.92 Å². The zero-order valence-electron chi connectivity index (χ0n) is 9.60. The summed E-state index contributed by atoms with van der Waals surface area (Å²) in [4.78, 5) is 11.4. The topological polar surface area (TPSA) is 59.3 Å². The van der Waals surface area contributed by atoms with E-state index in [1.54, 1.807) is 18.2 Å². The van der Waals surface area contributed by atoms with Crippen LogP contribution in [-0.4, -0.2) is 12.6 Å². The van der Waals surface area contributed by atoms with Crippen molar-refractivity contribution in [3.63, 3.8) is 0 Å². The SMILES string of the molecule is CCCC(=O)OC1COc2ccc(C#N)cc21. The fourth-order valence-corrected chi connectivity index (χ4v) is 1.78. The van der Waals surface area contributed by atoms with Gasteiger partial charge in [0.15, 0.2) is 6.10 Å². The Labute approximate surface area is 99.8 Å². The highest BCUT2D eigenvalue weighted by Gasteiger charge is 2.27. The Morgan fingerprint density at radius 2 is 2.47 bits per heavy atom. The molecule has 4 nitrogen and oxygen atoms in total. The van der Waals surface area contributed by atoms with Gasteiger partial charge in [0, 0.05) is 12.0 Å². The number of esters is 1. The molecule has 1 unspecified atom stereocenters. The van der Waals surface area contributed by atoms with Crippen molar-refractivity contribution in [3.8, 4) is 11.8 Å². The molecule has 2 rings (SSSR count). The van der Waals surface area contributed by atoms with Gasteiger partial charge in [-0.1, -0.05) is 6.92 Å². The predicted molar refractivity (Wildman–Crippen MR) is 60.4 cm³/mol. The normalized spacial score (nSPS) is 16.8. The third-order valence-electron chi connectivity index (χ3n) is 2.60. The van der Waals surface area contributed by atoms with Crippen molar-refractivity contribution in [2.45, 2.75) is 25.9 Å². The van der Waals surface area contributed by atoms with Gasteiger partial charge in [-0.2, -0.15) is 5.26 Å². The minimum Gasteiger partial charge on any atom is -0.489 e. The Hall–Kier alpha value is -2.02. The Balaban J connectivity index is 2.15. The third kappa shape index (κ3) is 2.39. The minimum absolute atomic E-state index is 0.226. The molecule has 0 spiro atoms. The van der Waals surface area contributed by atoms with E-state index in [0.717, 1.165) is 12.0 Å². The zero-order chi connectivity index (χ0) is 12.3. The molecule has 0 N–H and O–H groups in total. The van der Waals surface area contributed by atoms with Crippen LogP contribution in [0.25, 0.3) is 0 Å². The summed E-state index contributed by atoms with van der Waals surface area (Å²) in [5.74, 6) is 0.467. The Morgan fingerprint density at radius 3 is 3.18 bits per heavy atom. The van der Waals surface area contributed by atoms with Crippen LogP contribution in [0.3, 0.4) is 0 Å². The lowest BCUT2D eigenvalue weighted by Gasteiger charge is -2.10. The van der Waals surface area contributed by atoms with Crippen LogP contribution in [-0.2, 0) is 9.53 Å². The van der Waals surface area contributed by atoms with Crippen LogP contribution in [0.1, 0.15) is 37.0 Å². The molecule has 0 aromatic heterocycles. The van der Waals surface area contributed by atoms with Gasteiger partial charge in [0.05, 0.1) is 11.6 Å². The lowest BCUT2D eigenvalue weighted by molar-refractivity contribution is -0.149. The van der Waals surface area contributed by atoms with Crippen molar-refractivity contribution >= 4 is 5.97 Å². The smallest absolute Gasteiger partial charge is 0.306 e. The van der Waals surface area contributed by atoms with E-state index in [0.29, 0.717) is 24.3 Å². The van der Waals surface area contributed by atoms with Crippen LogP contribution < -0.4 is 4.74 Å². The van der Waals surface area contributed by atoms with Crippen LogP contribution in [0.5, 0.6) is 5.75 Å². The monoisotopic (exact) mass is 231 g/mol. The van der Waals surface area contributed by atoms with E-state index >= 15 is 0 Å². The summed E-state index contributed by atoms with van der Waals surface area (Å²) in [6.07, 6.45) is 0.790. The molecule has 1 atom stereocenters. The molecule has 17 heavy (non-hydrogen) atoms. The molecular weight excluding hydrogens is 218 g/mol. The maximum atomic E-state index is 11.4. The highest BCUT2D eigenvalue weighted by molar-refractivity contribution is 5.70. The van der Waals surface area contributed by atoms with E-state index in [-0.39, 0.29) is 12.1 Å². The average Bonchev–Trinajstić information content (AvgIpc) is 2.72. The van der Waals surface area contributed by atoms with E-state index < -0.39 is 0 Å². The van der Waals surface area contributed by atoms with Gasteiger partial charge in [-0.25, -0.2) is 0 Å². The number of carbonyl (C=O) groups excluding carboxylic acids is 1. The molecule has 1 aliphatic rings. The van der Waals surface area contributed by atoms with Crippen LogP contribution in [0.4, 0.5) is 0 Å². The minimum atomic E-state index is -0.377.